The number of rotatable bonds is 6. The van der Waals surface area contributed by atoms with Crippen LogP contribution < -0.4 is 0 Å². The predicted octanol–water partition coefficient (Wildman–Crippen LogP) is 1.45. The number of ketones is 1. The minimum Gasteiger partial charge on any atom is -0.503 e. The van der Waals surface area contributed by atoms with Gasteiger partial charge in [-0.1, -0.05) is 6.92 Å². The average molecular weight is 200 g/mol. The molecule has 0 spiro atoms. The molecule has 0 aliphatic carbocycles. The van der Waals surface area contributed by atoms with Gasteiger partial charge in [-0.2, -0.15) is 0 Å². The van der Waals surface area contributed by atoms with Gasteiger partial charge in [0, 0.05) is 6.42 Å². The van der Waals surface area contributed by atoms with E-state index in [1.165, 1.54) is 7.11 Å². The van der Waals surface area contributed by atoms with E-state index in [0.717, 1.165) is 6.26 Å². The Hall–Kier alpha value is -1.32. The zero-order chi connectivity index (χ0) is 11.0. The van der Waals surface area contributed by atoms with E-state index in [4.69, 9.17) is 4.74 Å². The van der Waals surface area contributed by atoms with Crippen LogP contribution in [0.3, 0.4) is 0 Å². The van der Waals surface area contributed by atoms with E-state index >= 15 is 0 Å². The van der Waals surface area contributed by atoms with E-state index in [0.29, 0.717) is 12.8 Å². The highest BCUT2D eigenvalue weighted by atomic mass is 16.5. The second-order valence-corrected chi connectivity index (χ2v) is 2.66. The smallest absolute Gasteiger partial charge is 0.344 e. The molecule has 0 amide bonds. The maximum absolute atomic E-state index is 11.4. The first-order valence-corrected chi connectivity index (χ1v) is 4.60. The van der Waals surface area contributed by atoms with Gasteiger partial charge in [0.2, 0.25) is 0 Å². The summed E-state index contributed by atoms with van der Waals surface area (Å²) in [6, 6.07) is 0. The molecule has 0 saturated carbocycles. The van der Waals surface area contributed by atoms with E-state index in [2.05, 4.69) is 4.74 Å². The quantitative estimate of drug-likeness (QED) is 0.214. The first-order valence-electron chi connectivity index (χ1n) is 4.60. The number of esters is 1. The molecule has 4 heteroatoms. The van der Waals surface area contributed by atoms with Crippen molar-refractivity contribution in [1.82, 2.24) is 0 Å². The van der Waals surface area contributed by atoms with Crippen molar-refractivity contribution in [3.8, 4) is 0 Å². The fraction of sp³-hybridized carbons (Fsp3) is 0.600. The van der Waals surface area contributed by atoms with Crippen molar-refractivity contribution in [3.63, 3.8) is 0 Å². The van der Waals surface area contributed by atoms with Gasteiger partial charge in [0.1, 0.15) is 11.8 Å². The third-order valence-corrected chi connectivity index (χ3v) is 1.51. The van der Waals surface area contributed by atoms with Crippen LogP contribution in [0.15, 0.2) is 11.8 Å². The molecule has 0 aromatic carbocycles. The van der Waals surface area contributed by atoms with E-state index in [9.17, 15) is 9.59 Å². The van der Waals surface area contributed by atoms with Gasteiger partial charge in [0.15, 0.2) is 5.78 Å². The SMILES string of the molecule is CCCC(=O)/C(=C\OC)C(=O)OCC. The molecule has 0 atom stereocenters. The van der Waals surface area contributed by atoms with Crippen LogP contribution >= 0.6 is 0 Å². The van der Waals surface area contributed by atoms with Crippen LogP contribution in [0.4, 0.5) is 0 Å². The monoisotopic (exact) mass is 200 g/mol. The van der Waals surface area contributed by atoms with Crippen molar-refractivity contribution in [2.24, 2.45) is 0 Å². The molecule has 0 radical (unpaired) electrons. The number of carbonyl (C=O) groups is 2. The zero-order valence-corrected chi connectivity index (χ0v) is 8.83. The fourth-order valence-corrected chi connectivity index (χ4v) is 0.916. The van der Waals surface area contributed by atoms with Crippen molar-refractivity contribution in [3.05, 3.63) is 11.8 Å². The third kappa shape index (κ3) is 4.07. The first kappa shape index (κ1) is 12.7. The minimum atomic E-state index is -0.618. The molecule has 4 nitrogen and oxygen atoms in total. The Morgan fingerprint density at radius 1 is 1.29 bits per heavy atom. The van der Waals surface area contributed by atoms with Crippen LogP contribution in [0.5, 0.6) is 0 Å². The first-order chi connectivity index (χ1) is 6.67. The largest absolute Gasteiger partial charge is 0.503 e. The van der Waals surface area contributed by atoms with Gasteiger partial charge >= 0.3 is 5.97 Å². The maximum Gasteiger partial charge on any atom is 0.344 e. The van der Waals surface area contributed by atoms with Crippen LogP contribution in [0.1, 0.15) is 26.7 Å². The Balaban J connectivity index is 4.51. The summed E-state index contributed by atoms with van der Waals surface area (Å²) < 4.78 is 9.37. The lowest BCUT2D eigenvalue weighted by atomic mass is 10.1. The highest BCUT2D eigenvalue weighted by Crippen LogP contribution is 2.05. The summed E-state index contributed by atoms with van der Waals surface area (Å²) in [6.45, 7) is 3.80. The second kappa shape index (κ2) is 7.12. The molecule has 80 valence electrons. The number of carbonyl (C=O) groups excluding carboxylic acids is 2. The molecule has 0 bridgehead atoms. The Morgan fingerprint density at radius 2 is 1.93 bits per heavy atom. The van der Waals surface area contributed by atoms with Crippen LogP contribution in [0, 0.1) is 0 Å². The van der Waals surface area contributed by atoms with E-state index in [1.54, 1.807) is 6.92 Å². The van der Waals surface area contributed by atoms with Crippen molar-refractivity contribution in [1.29, 1.82) is 0 Å². The summed E-state index contributed by atoms with van der Waals surface area (Å²) in [5.74, 6) is -0.861. The Morgan fingerprint density at radius 3 is 2.36 bits per heavy atom. The molecule has 0 aromatic rings. The highest BCUT2D eigenvalue weighted by Gasteiger charge is 2.18. The molecule has 0 fully saturated rings. The summed E-state index contributed by atoms with van der Waals surface area (Å²) >= 11 is 0. The molecule has 0 saturated heterocycles. The molecule has 0 aliphatic rings. The molecular formula is C10H16O4. The lowest BCUT2D eigenvalue weighted by molar-refractivity contribution is -0.140. The van der Waals surface area contributed by atoms with Crippen LogP contribution in [-0.4, -0.2) is 25.5 Å². The van der Waals surface area contributed by atoms with Crippen molar-refractivity contribution >= 4 is 11.8 Å². The molecule has 0 rings (SSSR count). The maximum atomic E-state index is 11.4. The summed E-state index contributed by atoms with van der Waals surface area (Å²) in [5.41, 5.74) is -0.0174. The number of hydrogen-bond donors (Lipinski definition) is 0. The summed E-state index contributed by atoms with van der Waals surface area (Å²) in [7, 11) is 1.39. The summed E-state index contributed by atoms with van der Waals surface area (Å²) in [5, 5.41) is 0. The van der Waals surface area contributed by atoms with Crippen LogP contribution in [0.2, 0.25) is 0 Å². The number of Topliss-reactive ketones (excluding diaryl/α,β-unsaturated/α-hetero) is 1. The summed E-state index contributed by atoms with van der Waals surface area (Å²) in [6.07, 6.45) is 2.16. The average Bonchev–Trinajstić information content (AvgIpc) is 2.14. The van der Waals surface area contributed by atoms with Crippen molar-refractivity contribution < 1.29 is 19.1 Å². The molecular weight excluding hydrogens is 184 g/mol. The summed E-state index contributed by atoms with van der Waals surface area (Å²) in [4.78, 5) is 22.7. The predicted molar refractivity (Wildman–Crippen MR) is 51.6 cm³/mol. The number of methoxy groups -OCH3 is 1. The standard InChI is InChI=1S/C10H16O4/c1-4-6-9(11)8(7-13-3)10(12)14-5-2/h7H,4-6H2,1-3H3/b8-7+. The van der Waals surface area contributed by atoms with Gasteiger partial charge in [-0.15, -0.1) is 0 Å². The molecule has 0 heterocycles. The molecule has 0 aromatic heterocycles. The van der Waals surface area contributed by atoms with Crippen molar-refractivity contribution in [2.45, 2.75) is 26.7 Å². The van der Waals surface area contributed by atoms with E-state index < -0.39 is 5.97 Å². The van der Waals surface area contributed by atoms with E-state index in [-0.39, 0.29) is 18.0 Å². The van der Waals surface area contributed by atoms with Gasteiger partial charge in [0.05, 0.1) is 13.7 Å². The molecule has 0 aliphatic heterocycles. The Bertz CT molecular complexity index is 210. The van der Waals surface area contributed by atoms with Gasteiger partial charge in [-0.25, -0.2) is 4.79 Å². The zero-order valence-electron chi connectivity index (χ0n) is 8.83. The van der Waals surface area contributed by atoms with Gasteiger partial charge in [-0.05, 0) is 13.3 Å². The highest BCUT2D eigenvalue weighted by molar-refractivity contribution is 6.17. The van der Waals surface area contributed by atoms with Crippen molar-refractivity contribution in [2.75, 3.05) is 13.7 Å². The Labute approximate surface area is 83.9 Å². The van der Waals surface area contributed by atoms with Crippen LogP contribution in [-0.2, 0) is 19.1 Å². The molecule has 0 N–H and O–H groups in total. The van der Waals surface area contributed by atoms with Gasteiger partial charge < -0.3 is 9.47 Å². The fourth-order valence-electron chi connectivity index (χ4n) is 0.916. The Kier molecular flexibility index (Phi) is 6.45. The topological polar surface area (TPSA) is 52.6 Å². The number of hydrogen-bond acceptors (Lipinski definition) is 4. The van der Waals surface area contributed by atoms with Crippen LogP contribution in [0.25, 0.3) is 0 Å². The lowest BCUT2D eigenvalue weighted by Gasteiger charge is -2.04. The molecule has 0 unspecified atom stereocenters. The lowest BCUT2D eigenvalue weighted by Crippen LogP contribution is -2.16. The molecule has 14 heavy (non-hydrogen) atoms. The second-order valence-electron chi connectivity index (χ2n) is 2.66. The number of ether oxygens (including phenoxy) is 2. The van der Waals surface area contributed by atoms with Gasteiger partial charge in [-0.3, -0.25) is 4.79 Å². The van der Waals surface area contributed by atoms with Gasteiger partial charge in [0.25, 0.3) is 0 Å². The normalized spacial score (nSPS) is 10.9. The third-order valence-electron chi connectivity index (χ3n) is 1.51. The van der Waals surface area contributed by atoms with E-state index in [1.807, 2.05) is 6.92 Å². The minimum absolute atomic E-state index is 0.0174.